The summed E-state index contributed by atoms with van der Waals surface area (Å²) >= 11 is 6.42. The minimum Gasteiger partial charge on any atom is -0.481 e. The maximum atomic E-state index is 6.87. The molecule has 2 aromatic rings. The van der Waals surface area contributed by atoms with Gasteiger partial charge in [0.2, 0.25) is 0 Å². The van der Waals surface area contributed by atoms with Crippen LogP contribution in [0.5, 0.6) is 5.75 Å². The summed E-state index contributed by atoms with van der Waals surface area (Å²) in [4.78, 5) is 5.62. The number of fused-ring (bicyclic) bond motifs is 3. The molecule has 1 nitrogen and oxygen atoms in total. The molecule has 0 unspecified atom stereocenters. The zero-order chi connectivity index (χ0) is 18.4. The normalized spacial score (nSPS) is 15.4. The van der Waals surface area contributed by atoms with Crippen LogP contribution in [0.1, 0.15) is 68.7 Å². The molecule has 138 valence electrons. The molecule has 1 aliphatic heterocycles. The number of hydrogen-bond acceptors (Lipinski definition) is 3. The molecule has 1 aliphatic rings. The van der Waals surface area contributed by atoms with Gasteiger partial charge in [0.25, 0.3) is 0 Å². The molecule has 0 bridgehead atoms. The van der Waals surface area contributed by atoms with Crippen LogP contribution in [-0.4, -0.2) is 0 Å². The van der Waals surface area contributed by atoms with Crippen molar-refractivity contribution in [3.8, 4) is 15.5 Å². The van der Waals surface area contributed by atoms with Gasteiger partial charge in [0.05, 0.1) is 9.75 Å². The third kappa shape index (κ3) is 3.81. The Bertz CT molecular complexity index is 742. The maximum Gasteiger partial charge on any atom is 0.140 e. The molecule has 0 aliphatic carbocycles. The van der Waals surface area contributed by atoms with E-state index in [2.05, 4.69) is 70.2 Å². The Morgan fingerprint density at radius 3 is 2.16 bits per heavy atom. The van der Waals surface area contributed by atoms with Crippen LogP contribution in [0.3, 0.4) is 0 Å². The molecule has 2 aromatic heterocycles. The topological polar surface area (TPSA) is 9.23 Å². The fraction of sp³-hybridized carbons (Fsp3) is 0.619. The van der Waals surface area contributed by atoms with E-state index in [0.29, 0.717) is 11.8 Å². The van der Waals surface area contributed by atoms with Crippen LogP contribution in [0.15, 0.2) is 6.07 Å². The second-order valence-corrected chi connectivity index (χ2v) is 11.7. The molecule has 4 heteroatoms. The van der Waals surface area contributed by atoms with Gasteiger partial charge in [-0.1, -0.05) is 27.7 Å². The molecule has 25 heavy (non-hydrogen) atoms. The molecule has 0 aromatic carbocycles. The predicted octanol–water partition coefficient (Wildman–Crippen LogP) is 8.16. The molecule has 0 saturated carbocycles. The largest absolute Gasteiger partial charge is 0.481 e. The quantitative estimate of drug-likeness (QED) is 0.373. The average molecular weight is 489 g/mol. The number of rotatable bonds is 6. The van der Waals surface area contributed by atoms with Crippen molar-refractivity contribution in [3.63, 3.8) is 0 Å². The van der Waals surface area contributed by atoms with Crippen molar-refractivity contribution in [2.45, 2.75) is 72.8 Å². The van der Waals surface area contributed by atoms with Crippen LogP contribution < -0.4 is 4.74 Å². The van der Waals surface area contributed by atoms with Crippen LogP contribution in [0.25, 0.3) is 9.75 Å². The number of hydrogen-bond donors (Lipinski definition) is 0. The third-order valence-corrected chi connectivity index (χ3v) is 9.07. The van der Waals surface area contributed by atoms with E-state index in [1.165, 1.54) is 41.5 Å². The monoisotopic (exact) mass is 488 g/mol. The van der Waals surface area contributed by atoms with E-state index >= 15 is 0 Å². The van der Waals surface area contributed by atoms with Gasteiger partial charge in [0.15, 0.2) is 0 Å². The van der Waals surface area contributed by atoms with Gasteiger partial charge < -0.3 is 4.74 Å². The summed E-state index contributed by atoms with van der Waals surface area (Å²) in [5, 5.41) is 0. The second-order valence-electron chi connectivity index (χ2n) is 8.19. The first-order valence-electron chi connectivity index (χ1n) is 9.32. The van der Waals surface area contributed by atoms with Crippen LogP contribution >= 0.6 is 45.3 Å². The molecule has 0 radical (unpaired) electrons. The zero-order valence-electron chi connectivity index (χ0n) is 16.2. The van der Waals surface area contributed by atoms with E-state index in [0.717, 1.165) is 18.6 Å². The van der Waals surface area contributed by atoms with E-state index < -0.39 is 0 Å². The predicted molar refractivity (Wildman–Crippen MR) is 120 cm³/mol. The molecular weight excluding hydrogens is 459 g/mol. The minimum atomic E-state index is -0.147. The van der Waals surface area contributed by atoms with Crippen molar-refractivity contribution in [3.05, 3.63) is 25.0 Å². The van der Waals surface area contributed by atoms with Crippen molar-refractivity contribution < 1.29 is 4.74 Å². The van der Waals surface area contributed by atoms with Crippen LogP contribution in [0.2, 0.25) is 0 Å². The fourth-order valence-corrected chi connectivity index (χ4v) is 7.09. The van der Waals surface area contributed by atoms with Crippen molar-refractivity contribution in [2.75, 3.05) is 0 Å². The third-order valence-electron chi connectivity index (χ3n) is 5.05. The number of aryl methyl sites for hydroxylation is 2. The first-order valence-corrected chi connectivity index (χ1v) is 12.0. The van der Waals surface area contributed by atoms with Crippen molar-refractivity contribution in [1.82, 2.24) is 0 Å². The average Bonchev–Trinajstić information content (AvgIpc) is 3.03. The van der Waals surface area contributed by atoms with Gasteiger partial charge in [-0.15, -0.1) is 22.7 Å². The Morgan fingerprint density at radius 1 is 1.00 bits per heavy atom. The molecule has 0 saturated heterocycles. The van der Waals surface area contributed by atoms with Gasteiger partial charge in [-0.3, -0.25) is 0 Å². The van der Waals surface area contributed by atoms with Gasteiger partial charge in [0, 0.05) is 18.9 Å². The number of thiophene rings is 2. The summed E-state index contributed by atoms with van der Waals surface area (Å²) in [6.45, 7) is 13.8. The molecule has 0 atom stereocenters. The van der Waals surface area contributed by atoms with Crippen LogP contribution in [-0.2, 0) is 5.60 Å². The molecule has 3 rings (SSSR count). The van der Waals surface area contributed by atoms with E-state index in [-0.39, 0.29) is 5.60 Å². The van der Waals surface area contributed by atoms with E-state index in [9.17, 15) is 0 Å². The summed E-state index contributed by atoms with van der Waals surface area (Å²) < 4.78 is 8.31. The Labute approximate surface area is 174 Å². The Morgan fingerprint density at radius 2 is 1.60 bits per heavy atom. The molecule has 3 heterocycles. The summed E-state index contributed by atoms with van der Waals surface area (Å²) in [6.07, 6.45) is 4.65. The van der Waals surface area contributed by atoms with E-state index in [4.69, 9.17) is 4.74 Å². The van der Waals surface area contributed by atoms with Gasteiger partial charge in [-0.05, 0) is 80.0 Å². The number of halogens is 1. The van der Waals surface area contributed by atoms with Gasteiger partial charge in [-0.2, -0.15) is 0 Å². The lowest BCUT2D eigenvalue weighted by molar-refractivity contribution is 0.0336. The highest BCUT2D eigenvalue weighted by atomic mass is 127. The lowest BCUT2D eigenvalue weighted by Crippen LogP contribution is -2.37. The summed E-state index contributed by atoms with van der Waals surface area (Å²) in [7, 11) is 0. The first kappa shape index (κ1) is 19.7. The lowest BCUT2D eigenvalue weighted by atomic mass is 9.80. The molecular formula is C21H29IOS2. The Kier molecular flexibility index (Phi) is 5.91. The van der Waals surface area contributed by atoms with Gasteiger partial charge in [0.1, 0.15) is 11.4 Å². The Balaban J connectivity index is 2.13. The highest BCUT2D eigenvalue weighted by Crippen LogP contribution is 2.57. The summed E-state index contributed by atoms with van der Waals surface area (Å²) in [5.74, 6) is 2.53. The SMILES string of the molecule is Cc1cc2c(s1)-c1sc(C)c(I)c1C(CCC(C)C)(CCC(C)C)O2. The molecule has 0 amide bonds. The second kappa shape index (κ2) is 7.51. The van der Waals surface area contributed by atoms with Crippen LogP contribution in [0, 0.1) is 29.3 Å². The highest BCUT2D eigenvalue weighted by Gasteiger charge is 2.44. The van der Waals surface area contributed by atoms with Gasteiger partial charge >= 0.3 is 0 Å². The molecule has 0 spiro atoms. The summed E-state index contributed by atoms with van der Waals surface area (Å²) in [6, 6.07) is 2.25. The highest BCUT2D eigenvalue weighted by molar-refractivity contribution is 14.1. The molecule has 0 fully saturated rings. The van der Waals surface area contributed by atoms with Crippen molar-refractivity contribution in [2.24, 2.45) is 11.8 Å². The molecule has 0 N–H and O–H groups in total. The number of ether oxygens (including phenoxy) is 1. The van der Waals surface area contributed by atoms with Gasteiger partial charge in [-0.25, -0.2) is 0 Å². The zero-order valence-corrected chi connectivity index (χ0v) is 20.0. The summed E-state index contributed by atoms with van der Waals surface area (Å²) in [5.41, 5.74) is 1.34. The Hall–Kier alpha value is -0.0700. The smallest absolute Gasteiger partial charge is 0.140 e. The van der Waals surface area contributed by atoms with Crippen LogP contribution in [0.4, 0.5) is 0 Å². The fourth-order valence-electron chi connectivity index (χ4n) is 3.60. The van der Waals surface area contributed by atoms with E-state index in [1.807, 2.05) is 22.7 Å². The first-order chi connectivity index (χ1) is 11.7. The standard InChI is InChI=1S/C21H29IOS2/c1-12(2)7-9-21(10-8-13(3)4)17-18(22)15(6)25-20(17)19-16(23-21)11-14(5)24-19/h11-13H,7-10H2,1-6H3. The van der Waals surface area contributed by atoms with Crippen molar-refractivity contribution in [1.29, 1.82) is 0 Å². The minimum absolute atomic E-state index is 0.147. The van der Waals surface area contributed by atoms with Crippen molar-refractivity contribution >= 4 is 45.3 Å². The lowest BCUT2D eigenvalue weighted by Gasteiger charge is -2.39. The maximum absolute atomic E-state index is 6.87. The van der Waals surface area contributed by atoms with E-state index in [1.54, 1.807) is 0 Å².